The number of aromatic amines is 1. The molecule has 0 saturated carbocycles. The van der Waals surface area contributed by atoms with Crippen LogP contribution >= 0.6 is 0 Å². The number of rotatable bonds is 4. The zero-order valence-corrected chi connectivity index (χ0v) is 10.6. The van der Waals surface area contributed by atoms with Crippen LogP contribution in [0, 0.1) is 6.92 Å². The lowest BCUT2D eigenvalue weighted by molar-refractivity contribution is 0.0942. The van der Waals surface area contributed by atoms with Gasteiger partial charge in [-0.05, 0) is 12.1 Å². The molecule has 0 bridgehead atoms. The van der Waals surface area contributed by atoms with Crippen molar-refractivity contribution in [1.82, 2.24) is 25.7 Å². The van der Waals surface area contributed by atoms with Crippen LogP contribution in [0.3, 0.4) is 0 Å². The van der Waals surface area contributed by atoms with Crippen LogP contribution in [0.15, 0.2) is 33.3 Å². The summed E-state index contributed by atoms with van der Waals surface area (Å²) < 4.78 is 10.4. The first-order chi connectivity index (χ1) is 9.72. The molecule has 1 amide bonds. The van der Waals surface area contributed by atoms with Gasteiger partial charge in [0.25, 0.3) is 5.91 Å². The minimum absolute atomic E-state index is 0.155. The number of aryl methyl sites for hydroxylation is 1. The monoisotopic (exact) mass is 273 g/mol. The molecule has 102 valence electrons. The Labute approximate surface area is 113 Å². The Bertz CT molecular complexity index is 713. The highest BCUT2D eigenvalue weighted by atomic mass is 16.4. The number of amides is 1. The highest BCUT2D eigenvalue weighted by Gasteiger charge is 2.13. The predicted octanol–water partition coefficient (Wildman–Crippen LogP) is 1.29. The lowest BCUT2D eigenvalue weighted by atomic mass is 10.3. The number of H-pyrrole nitrogens is 1. The second-order valence-corrected chi connectivity index (χ2v) is 4.04. The van der Waals surface area contributed by atoms with Gasteiger partial charge in [-0.25, -0.2) is 0 Å². The van der Waals surface area contributed by atoms with Crippen molar-refractivity contribution in [1.29, 1.82) is 0 Å². The van der Waals surface area contributed by atoms with Gasteiger partial charge < -0.3 is 14.2 Å². The van der Waals surface area contributed by atoms with Crippen LogP contribution in [0.1, 0.15) is 22.3 Å². The van der Waals surface area contributed by atoms with Gasteiger partial charge in [-0.3, -0.25) is 9.89 Å². The summed E-state index contributed by atoms with van der Waals surface area (Å²) in [7, 11) is 0. The number of carbonyl (C=O) groups is 1. The maximum absolute atomic E-state index is 11.9. The number of carbonyl (C=O) groups excluding carboxylic acids is 1. The van der Waals surface area contributed by atoms with Crippen molar-refractivity contribution in [3.63, 3.8) is 0 Å². The van der Waals surface area contributed by atoms with Crippen LogP contribution in [-0.2, 0) is 6.54 Å². The van der Waals surface area contributed by atoms with Gasteiger partial charge in [-0.1, -0.05) is 0 Å². The summed E-state index contributed by atoms with van der Waals surface area (Å²) in [6, 6.07) is 5.14. The Balaban J connectivity index is 1.65. The molecule has 2 N–H and O–H groups in total. The van der Waals surface area contributed by atoms with Crippen molar-refractivity contribution in [3.05, 3.63) is 41.9 Å². The highest BCUT2D eigenvalue weighted by Crippen LogP contribution is 2.17. The largest absolute Gasteiger partial charge is 0.463 e. The van der Waals surface area contributed by atoms with E-state index in [0.717, 1.165) is 0 Å². The van der Waals surface area contributed by atoms with Crippen LogP contribution in [0.25, 0.3) is 11.5 Å². The third-order valence-corrected chi connectivity index (χ3v) is 2.57. The molecule has 0 atom stereocenters. The summed E-state index contributed by atoms with van der Waals surface area (Å²) in [5, 5.41) is 16.8. The van der Waals surface area contributed by atoms with Gasteiger partial charge in [-0.2, -0.15) is 5.10 Å². The Hall–Kier alpha value is -2.90. The summed E-state index contributed by atoms with van der Waals surface area (Å²) >= 11 is 0. The van der Waals surface area contributed by atoms with Crippen LogP contribution < -0.4 is 5.32 Å². The van der Waals surface area contributed by atoms with E-state index < -0.39 is 0 Å². The molecule has 3 aromatic rings. The molecule has 0 aromatic carbocycles. The molecule has 3 rings (SSSR count). The first-order valence-corrected chi connectivity index (χ1v) is 5.89. The van der Waals surface area contributed by atoms with Gasteiger partial charge in [0.2, 0.25) is 11.8 Å². The molecule has 3 aromatic heterocycles. The van der Waals surface area contributed by atoms with Gasteiger partial charge in [-0.15, -0.1) is 10.2 Å². The summed E-state index contributed by atoms with van der Waals surface area (Å²) in [5.41, 5.74) is 0.890. The molecule has 8 heteroatoms. The van der Waals surface area contributed by atoms with E-state index in [0.29, 0.717) is 23.2 Å². The molecular formula is C12H11N5O3. The van der Waals surface area contributed by atoms with Crippen LogP contribution in [-0.4, -0.2) is 26.3 Å². The Morgan fingerprint density at radius 2 is 2.35 bits per heavy atom. The van der Waals surface area contributed by atoms with Crippen molar-refractivity contribution in [2.24, 2.45) is 0 Å². The smallest absolute Gasteiger partial charge is 0.272 e. The van der Waals surface area contributed by atoms with Gasteiger partial charge in [0.05, 0.1) is 12.8 Å². The zero-order valence-electron chi connectivity index (χ0n) is 10.6. The van der Waals surface area contributed by atoms with E-state index in [2.05, 4.69) is 25.7 Å². The first-order valence-electron chi connectivity index (χ1n) is 5.89. The van der Waals surface area contributed by atoms with Crippen molar-refractivity contribution in [2.75, 3.05) is 0 Å². The van der Waals surface area contributed by atoms with Crippen LogP contribution in [0.5, 0.6) is 0 Å². The Morgan fingerprint density at radius 1 is 1.45 bits per heavy atom. The summed E-state index contributed by atoms with van der Waals surface area (Å²) in [5.74, 6) is 1.07. The second-order valence-electron chi connectivity index (χ2n) is 4.04. The number of nitrogens with zero attached hydrogens (tertiary/aromatic N) is 3. The van der Waals surface area contributed by atoms with E-state index in [9.17, 15) is 4.79 Å². The van der Waals surface area contributed by atoms with E-state index >= 15 is 0 Å². The van der Waals surface area contributed by atoms with Gasteiger partial charge in [0.1, 0.15) is 5.69 Å². The fourth-order valence-electron chi connectivity index (χ4n) is 1.65. The minimum atomic E-state index is -0.338. The molecule has 8 nitrogen and oxygen atoms in total. The fourth-order valence-corrected chi connectivity index (χ4v) is 1.65. The van der Waals surface area contributed by atoms with Gasteiger partial charge in [0.15, 0.2) is 11.5 Å². The molecule has 20 heavy (non-hydrogen) atoms. The zero-order chi connectivity index (χ0) is 13.9. The lowest BCUT2D eigenvalue weighted by Crippen LogP contribution is -2.23. The summed E-state index contributed by atoms with van der Waals surface area (Å²) in [4.78, 5) is 11.9. The van der Waals surface area contributed by atoms with E-state index in [4.69, 9.17) is 8.83 Å². The summed E-state index contributed by atoms with van der Waals surface area (Å²) in [6.07, 6.45) is 1.55. The SMILES string of the molecule is Cc1nnc(CNC(=O)c2cc(-c3ccco3)[nH]n2)o1. The standard InChI is InChI=1S/C12H11N5O3/c1-7-14-17-11(20-7)6-13-12(18)9-5-8(15-16-9)10-3-2-4-19-10/h2-5H,6H2,1H3,(H,13,18)(H,15,16). The molecule has 0 unspecified atom stereocenters. The quantitative estimate of drug-likeness (QED) is 0.741. The van der Waals surface area contributed by atoms with E-state index in [-0.39, 0.29) is 18.1 Å². The second kappa shape index (κ2) is 5.00. The molecule has 0 radical (unpaired) electrons. The van der Waals surface area contributed by atoms with Crippen molar-refractivity contribution < 1.29 is 13.6 Å². The topological polar surface area (TPSA) is 110 Å². The van der Waals surface area contributed by atoms with Crippen LogP contribution in [0.4, 0.5) is 0 Å². The van der Waals surface area contributed by atoms with E-state index in [1.165, 1.54) is 0 Å². The molecule has 0 spiro atoms. The minimum Gasteiger partial charge on any atom is -0.463 e. The first kappa shape index (κ1) is 12.2. The average Bonchev–Trinajstić information content (AvgIpc) is 3.16. The lowest BCUT2D eigenvalue weighted by Gasteiger charge is -1.97. The predicted molar refractivity (Wildman–Crippen MR) is 66.5 cm³/mol. The normalized spacial score (nSPS) is 10.7. The highest BCUT2D eigenvalue weighted by molar-refractivity contribution is 5.93. The summed E-state index contributed by atoms with van der Waals surface area (Å²) in [6.45, 7) is 1.84. The molecule has 0 saturated heterocycles. The van der Waals surface area contributed by atoms with Crippen molar-refractivity contribution >= 4 is 5.91 Å². The molecular weight excluding hydrogens is 262 g/mol. The molecule has 0 aliphatic heterocycles. The van der Waals surface area contributed by atoms with Gasteiger partial charge in [0, 0.05) is 13.0 Å². The van der Waals surface area contributed by atoms with Crippen molar-refractivity contribution in [3.8, 4) is 11.5 Å². The van der Waals surface area contributed by atoms with Gasteiger partial charge >= 0.3 is 0 Å². The average molecular weight is 273 g/mol. The number of furan rings is 1. The maximum Gasteiger partial charge on any atom is 0.272 e. The van der Waals surface area contributed by atoms with Crippen molar-refractivity contribution in [2.45, 2.75) is 13.5 Å². The van der Waals surface area contributed by atoms with E-state index in [1.807, 2.05) is 0 Å². The van der Waals surface area contributed by atoms with Crippen LogP contribution in [0.2, 0.25) is 0 Å². The number of aromatic nitrogens is 4. The third kappa shape index (κ3) is 2.44. The molecule has 0 aliphatic carbocycles. The fraction of sp³-hybridized carbons (Fsp3) is 0.167. The molecule has 0 fully saturated rings. The maximum atomic E-state index is 11.9. The molecule has 0 aliphatic rings. The molecule has 3 heterocycles. The Kier molecular flexibility index (Phi) is 3.04. The number of nitrogens with one attached hydrogen (secondary N) is 2. The Morgan fingerprint density at radius 3 is 3.05 bits per heavy atom. The number of hydrogen-bond acceptors (Lipinski definition) is 6. The van der Waals surface area contributed by atoms with E-state index in [1.54, 1.807) is 31.4 Å². The third-order valence-electron chi connectivity index (χ3n) is 2.57. The number of hydrogen-bond donors (Lipinski definition) is 2.